The molecule has 2 aromatic rings. The molecule has 1 saturated carbocycles. The predicted octanol–water partition coefficient (Wildman–Crippen LogP) is 3.50. The van der Waals surface area contributed by atoms with Crippen molar-refractivity contribution in [1.29, 1.82) is 0 Å². The Morgan fingerprint density at radius 2 is 2.04 bits per heavy atom. The number of rotatable bonds is 7. The Balaban J connectivity index is 1.45. The first-order valence-corrected chi connectivity index (χ1v) is 11.5. The topological polar surface area (TPSA) is 84.0 Å². The third-order valence-corrected chi connectivity index (χ3v) is 7.50. The highest BCUT2D eigenvalue weighted by atomic mass is 32.2. The number of hydrogen-bond acceptors (Lipinski definition) is 6. The molecule has 0 unspecified atom stereocenters. The molecule has 0 atom stereocenters. The molecule has 142 valence electrons. The van der Waals surface area contributed by atoms with Crippen LogP contribution in [0, 0.1) is 5.92 Å². The van der Waals surface area contributed by atoms with Crippen LogP contribution in [0.1, 0.15) is 39.5 Å². The van der Waals surface area contributed by atoms with Crippen LogP contribution in [0.15, 0.2) is 29.9 Å². The van der Waals surface area contributed by atoms with E-state index in [1.54, 1.807) is 31.4 Å². The number of hydrogen-bond donors (Lipinski definition) is 2. The SMILES string of the molecule is CC(C)S(=O)(=O)N[C@H]1CC[C@H](CNc2nc(-c3cccnc3)cs2)CC1. The van der Waals surface area contributed by atoms with Crippen LogP contribution in [0.2, 0.25) is 0 Å². The fourth-order valence-corrected chi connectivity index (χ4v) is 4.79. The molecule has 8 heteroatoms. The number of aromatic nitrogens is 2. The van der Waals surface area contributed by atoms with E-state index < -0.39 is 10.0 Å². The molecule has 0 aromatic carbocycles. The maximum absolute atomic E-state index is 12.0. The second-order valence-electron chi connectivity index (χ2n) is 7.09. The van der Waals surface area contributed by atoms with Crippen molar-refractivity contribution in [3.63, 3.8) is 0 Å². The maximum atomic E-state index is 12.0. The van der Waals surface area contributed by atoms with E-state index in [0.717, 1.165) is 48.6 Å². The average Bonchev–Trinajstić information content (AvgIpc) is 3.10. The quantitative estimate of drug-likeness (QED) is 0.751. The van der Waals surface area contributed by atoms with Gasteiger partial charge in [0, 0.05) is 35.9 Å². The van der Waals surface area contributed by atoms with Crippen LogP contribution in [-0.2, 0) is 10.0 Å². The van der Waals surface area contributed by atoms with Gasteiger partial charge in [-0.2, -0.15) is 0 Å². The van der Waals surface area contributed by atoms with Crippen LogP contribution in [0.3, 0.4) is 0 Å². The fourth-order valence-electron chi connectivity index (χ4n) is 3.09. The minimum Gasteiger partial charge on any atom is -0.361 e. The summed E-state index contributed by atoms with van der Waals surface area (Å²) in [6.45, 7) is 4.31. The van der Waals surface area contributed by atoms with Crippen molar-refractivity contribution in [1.82, 2.24) is 14.7 Å². The van der Waals surface area contributed by atoms with Crippen LogP contribution in [0.5, 0.6) is 0 Å². The average molecular weight is 395 g/mol. The van der Waals surface area contributed by atoms with E-state index in [0.29, 0.717) is 5.92 Å². The van der Waals surface area contributed by atoms with Crippen molar-refractivity contribution in [2.24, 2.45) is 5.92 Å². The molecule has 2 N–H and O–H groups in total. The van der Waals surface area contributed by atoms with Crippen LogP contribution in [-0.4, -0.2) is 36.2 Å². The van der Waals surface area contributed by atoms with Crippen molar-refractivity contribution < 1.29 is 8.42 Å². The normalized spacial score (nSPS) is 21.0. The van der Waals surface area contributed by atoms with E-state index in [2.05, 4.69) is 20.0 Å². The van der Waals surface area contributed by atoms with Gasteiger partial charge >= 0.3 is 0 Å². The van der Waals surface area contributed by atoms with Gasteiger partial charge in [0.25, 0.3) is 0 Å². The Morgan fingerprint density at radius 1 is 1.27 bits per heavy atom. The maximum Gasteiger partial charge on any atom is 0.214 e. The molecular weight excluding hydrogens is 368 g/mol. The van der Waals surface area contributed by atoms with E-state index >= 15 is 0 Å². The Hall–Kier alpha value is -1.51. The van der Waals surface area contributed by atoms with Gasteiger partial charge in [-0.1, -0.05) is 0 Å². The zero-order chi connectivity index (χ0) is 18.6. The summed E-state index contributed by atoms with van der Waals surface area (Å²) in [5.74, 6) is 0.556. The minimum atomic E-state index is -3.17. The van der Waals surface area contributed by atoms with Crippen molar-refractivity contribution >= 4 is 26.5 Å². The first-order valence-electron chi connectivity index (χ1n) is 9.05. The standard InChI is InChI=1S/C18H26N4O2S2/c1-13(2)26(23,24)22-16-7-5-14(6-8-16)10-20-18-21-17(12-25-18)15-4-3-9-19-11-15/h3-4,9,11-14,16,22H,5-8,10H2,1-2H3,(H,20,21)/t14-,16-. The van der Waals surface area contributed by atoms with Gasteiger partial charge in [0.05, 0.1) is 10.9 Å². The Labute approximate surface area is 159 Å². The van der Waals surface area contributed by atoms with Gasteiger partial charge in [-0.15, -0.1) is 11.3 Å². The second-order valence-corrected chi connectivity index (χ2v) is 10.2. The monoisotopic (exact) mass is 394 g/mol. The number of anilines is 1. The predicted molar refractivity (Wildman–Crippen MR) is 107 cm³/mol. The van der Waals surface area contributed by atoms with Crippen LogP contribution in [0.25, 0.3) is 11.3 Å². The van der Waals surface area contributed by atoms with Gasteiger partial charge in [-0.05, 0) is 57.6 Å². The summed E-state index contributed by atoms with van der Waals surface area (Å²) < 4.78 is 26.8. The van der Waals surface area contributed by atoms with Crippen LogP contribution < -0.4 is 10.0 Å². The molecule has 26 heavy (non-hydrogen) atoms. The largest absolute Gasteiger partial charge is 0.361 e. The van der Waals surface area contributed by atoms with Crippen molar-refractivity contribution in [3.8, 4) is 11.3 Å². The Kier molecular flexibility index (Phi) is 6.26. The van der Waals surface area contributed by atoms with Gasteiger partial charge in [0.15, 0.2) is 5.13 Å². The molecule has 6 nitrogen and oxygen atoms in total. The summed E-state index contributed by atoms with van der Waals surface area (Å²) in [4.78, 5) is 8.75. The summed E-state index contributed by atoms with van der Waals surface area (Å²) in [5.41, 5.74) is 1.96. The van der Waals surface area contributed by atoms with E-state index in [9.17, 15) is 8.42 Å². The van der Waals surface area contributed by atoms with Crippen LogP contribution in [0.4, 0.5) is 5.13 Å². The van der Waals surface area contributed by atoms with E-state index in [1.165, 1.54) is 0 Å². The minimum absolute atomic E-state index is 0.0793. The zero-order valence-corrected chi connectivity index (χ0v) is 16.8. The van der Waals surface area contributed by atoms with Crippen molar-refractivity contribution in [2.75, 3.05) is 11.9 Å². The third kappa shape index (κ3) is 5.02. The molecule has 1 fully saturated rings. The fraction of sp³-hybridized carbons (Fsp3) is 0.556. The Bertz CT molecular complexity index is 798. The molecule has 0 amide bonds. The highest BCUT2D eigenvalue weighted by molar-refractivity contribution is 7.90. The van der Waals surface area contributed by atoms with E-state index in [-0.39, 0.29) is 11.3 Å². The molecular formula is C18H26N4O2S2. The zero-order valence-electron chi connectivity index (χ0n) is 15.2. The third-order valence-electron chi connectivity index (χ3n) is 4.80. The smallest absolute Gasteiger partial charge is 0.214 e. The molecule has 1 aliphatic carbocycles. The summed E-state index contributed by atoms with van der Waals surface area (Å²) in [6, 6.07) is 4.00. The summed E-state index contributed by atoms with van der Waals surface area (Å²) in [6.07, 6.45) is 7.43. The second kappa shape index (κ2) is 8.45. The van der Waals surface area contributed by atoms with Crippen molar-refractivity contribution in [2.45, 2.75) is 50.8 Å². The molecule has 3 rings (SSSR count). The van der Waals surface area contributed by atoms with Gasteiger partial charge in [-0.3, -0.25) is 4.98 Å². The molecule has 0 spiro atoms. The summed E-state index contributed by atoms with van der Waals surface area (Å²) >= 11 is 1.60. The van der Waals surface area contributed by atoms with E-state index in [1.807, 2.05) is 23.7 Å². The number of pyridine rings is 1. The Morgan fingerprint density at radius 3 is 2.69 bits per heavy atom. The highest BCUT2D eigenvalue weighted by Gasteiger charge is 2.26. The molecule has 0 radical (unpaired) electrons. The molecule has 1 aliphatic rings. The lowest BCUT2D eigenvalue weighted by molar-refractivity contribution is 0.323. The molecule has 2 heterocycles. The van der Waals surface area contributed by atoms with Crippen LogP contribution >= 0.6 is 11.3 Å². The van der Waals surface area contributed by atoms with Gasteiger partial charge in [-0.25, -0.2) is 18.1 Å². The molecule has 2 aromatic heterocycles. The molecule has 0 saturated heterocycles. The highest BCUT2D eigenvalue weighted by Crippen LogP contribution is 2.28. The number of thiazole rings is 1. The number of sulfonamides is 1. The number of nitrogens with one attached hydrogen (secondary N) is 2. The lowest BCUT2D eigenvalue weighted by atomic mass is 9.86. The molecule has 0 bridgehead atoms. The van der Waals surface area contributed by atoms with E-state index in [4.69, 9.17) is 0 Å². The van der Waals surface area contributed by atoms with Gasteiger partial charge < -0.3 is 5.32 Å². The summed E-state index contributed by atoms with van der Waals surface area (Å²) in [7, 11) is -3.17. The van der Waals surface area contributed by atoms with Crippen molar-refractivity contribution in [3.05, 3.63) is 29.9 Å². The molecule has 0 aliphatic heterocycles. The lowest BCUT2D eigenvalue weighted by Gasteiger charge is -2.29. The number of nitrogens with zero attached hydrogens (tertiary/aromatic N) is 2. The van der Waals surface area contributed by atoms with Gasteiger partial charge in [0.2, 0.25) is 10.0 Å². The first kappa shape index (κ1) is 19.3. The first-order chi connectivity index (χ1) is 12.4. The van der Waals surface area contributed by atoms with Gasteiger partial charge in [0.1, 0.15) is 0 Å². The lowest BCUT2D eigenvalue weighted by Crippen LogP contribution is -2.41. The summed E-state index contributed by atoms with van der Waals surface area (Å²) in [5, 5.41) is 6.02.